The summed E-state index contributed by atoms with van der Waals surface area (Å²) in [5.74, 6) is -4.20. The van der Waals surface area contributed by atoms with Gasteiger partial charge in [0.05, 0.1) is 6.42 Å². The average Bonchev–Trinajstić information content (AvgIpc) is 2.46. The van der Waals surface area contributed by atoms with Crippen LogP contribution in [0, 0.1) is 5.92 Å². The van der Waals surface area contributed by atoms with E-state index in [1.807, 2.05) is 6.92 Å². The van der Waals surface area contributed by atoms with E-state index < -0.39 is 35.8 Å². The molecule has 8 nitrogen and oxygen atoms in total. The first-order valence-electron chi connectivity index (χ1n) is 5.80. The Kier molecular flexibility index (Phi) is 3.54. The second-order valence-electron chi connectivity index (χ2n) is 4.24. The van der Waals surface area contributed by atoms with E-state index in [1.54, 1.807) is 12.2 Å². The van der Waals surface area contributed by atoms with Crippen molar-refractivity contribution >= 4 is 17.9 Å². The molecule has 0 amide bonds. The first-order valence-corrected chi connectivity index (χ1v) is 5.80. The first-order chi connectivity index (χ1) is 8.97. The Hall–Kier alpha value is -1.93. The van der Waals surface area contributed by atoms with Crippen molar-refractivity contribution in [2.24, 2.45) is 5.92 Å². The first kappa shape index (κ1) is 13.5. The monoisotopic (exact) mass is 271 g/mol. The van der Waals surface area contributed by atoms with Crippen molar-refractivity contribution in [2.75, 3.05) is 0 Å². The van der Waals surface area contributed by atoms with Crippen molar-refractivity contribution in [3.63, 3.8) is 0 Å². The maximum atomic E-state index is 11.8. The molecular formula is C11H13NO7. The summed E-state index contributed by atoms with van der Waals surface area (Å²) in [6.07, 6.45) is 3.53. The van der Waals surface area contributed by atoms with E-state index in [1.165, 1.54) is 0 Å². The van der Waals surface area contributed by atoms with Gasteiger partial charge in [0, 0.05) is 0 Å². The summed E-state index contributed by atoms with van der Waals surface area (Å²) in [5.41, 5.74) is -2.28. The molecule has 0 spiro atoms. The summed E-state index contributed by atoms with van der Waals surface area (Å²) in [6, 6.07) is 0. The number of aliphatic hydroxyl groups is 1. The number of hydrogen-bond donors (Lipinski definition) is 1. The van der Waals surface area contributed by atoms with Crippen LogP contribution in [0.15, 0.2) is 12.2 Å². The second-order valence-corrected chi connectivity index (χ2v) is 4.24. The van der Waals surface area contributed by atoms with Gasteiger partial charge in [-0.3, -0.25) is 9.68 Å². The van der Waals surface area contributed by atoms with E-state index in [2.05, 4.69) is 14.5 Å². The lowest BCUT2D eigenvalue weighted by Crippen LogP contribution is -2.49. The zero-order chi connectivity index (χ0) is 14.0. The highest BCUT2D eigenvalue weighted by molar-refractivity contribution is 5.93. The van der Waals surface area contributed by atoms with Crippen LogP contribution < -0.4 is 0 Å². The predicted octanol–water partition coefficient (Wildman–Crippen LogP) is -0.216. The summed E-state index contributed by atoms with van der Waals surface area (Å²) in [5, 5.41) is 10.3. The zero-order valence-electron chi connectivity index (χ0n) is 10.2. The number of carbonyl (C=O) groups is 3. The Morgan fingerprint density at radius 2 is 2.05 bits per heavy atom. The van der Waals surface area contributed by atoms with Crippen molar-refractivity contribution in [3.8, 4) is 0 Å². The van der Waals surface area contributed by atoms with Gasteiger partial charge in [-0.05, 0) is 12.8 Å². The third-order valence-corrected chi connectivity index (χ3v) is 2.90. The highest BCUT2D eigenvalue weighted by Gasteiger charge is 2.58. The second kappa shape index (κ2) is 4.98. The highest BCUT2D eigenvalue weighted by Crippen LogP contribution is 2.34. The lowest BCUT2D eigenvalue weighted by Gasteiger charge is -2.26. The van der Waals surface area contributed by atoms with E-state index >= 15 is 0 Å². The molecule has 0 aromatic heterocycles. The van der Waals surface area contributed by atoms with E-state index in [0.717, 1.165) is 6.42 Å². The van der Waals surface area contributed by atoms with Crippen LogP contribution in [-0.2, 0) is 28.9 Å². The van der Waals surface area contributed by atoms with Crippen molar-refractivity contribution in [1.29, 1.82) is 0 Å². The van der Waals surface area contributed by atoms with Gasteiger partial charge in [-0.2, -0.15) is 0 Å². The largest absolute Gasteiger partial charge is 0.377 e. The van der Waals surface area contributed by atoms with E-state index in [-0.39, 0.29) is 11.8 Å². The Morgan fingerprint density at radius 3 is 2.74 bits per heavy atom. The number of fused-ring (bicyclic) bond motifs is 3. The van der Waals surface area contributed by atoms with Gasteiger partial charge in [0.2, 0.25) is 5.39 Å². The third kappa shape index (κ3) is 2.45. The average molecular weight is 271 g/mol. The molecule has 2 aliphatic heterocycles. The molecule has 2 bridgehead atoms. The van der Waals surface area contributed by atoms with E-state index in [0.29, 0.717) is 0 Å². The van der Waals surface area contributed by atoms with Crippen LogP contribution in [0.25, 0.3) is 0 Å². The maximum absolute atomic E-state index is 11.8. The number of hydrogen-bond acceptors (Lipinski definition) is 8. The Labute approximate surface area is 108 Å². The van der Waals surface area contributed by atoms with Crippen LogP contribution in [-0.4, -0.2) is 34.0 Å². The van der Waals surface area contributed by atoms with Crippen LogP contribution in [0.3, 0.4) is 0 Å². The zero-order valence-corrected chi connectivity index (χ0v) is 10.2. The number of rotatable bonds is 3. The molecule has 2 rings (SSSR count). The van der Waals surface area contributed by atoms with Crippen molar-refractivity contribution < 1.29 is 34.0 Å². The van der Waals surface area contributed by atoms with E-state index in [4.69, 9.17) is 0 Å². The number of carbonyl (C=O) groups excluding carboxylic acids is 3. The lowest BCUT2D eigenvalue weighted by molar-refractivity contribution is -0.460. The van der Waals surface area contributed by atoms with Crippen LogP contribution in [0.1, 0.15) is 26.2 Å². The minimum absolute atomic E-state index is 0.0362. The van der Waals surface area contributed by atoms with Gasteiger partial charge in [0.1, 0.15) is 5.92 Å². The summed E-state index contributed by atoms with van der Waals surface area (Å²) >= 11 is 0. The van der Waals surface area contributed by atoms with Gasteiger partial charge < -0.3 is 9.94 Å². The summed E-state index contributed by atoms with van der Waals surface area (Å²) < 4.78 is 0. The smallest absolute Gasteiger partial charge is 0.365 e. The molecular weight excluding hydrogens is 258 g/mol. The standard InChI is InChI=1S/C11H13NO7/c1-2-3-4-5-7-9(14)18-12-17-8(13)6-11(7,16)10(15)19-12/h3-4,7,16H,2,5-6H2,1H3/b4-3+. The molecule has 8 heteroatoms. The molecule has 2 fully saturated rings. The summed E-state index contributed by atoms with van der Waals surface area (Å²) in [6.45, 7) is 1.89. The maximum Gasteiger partial charge on any atom is 0.365 e. The molecule has 19 heavy (non-hydrogen) atoms. The van der Waals surface area contributed by atoms with Gasteiger partial charge in [-0.25, -0.2) is 14.4 Å². The van der Waals surface area contributed by atoms with Crippen molar-refractivity contribution in [3.05, 3.63) is 12.2 Å². The van der Waals surface area contributed by atoms with Gasteiger partial charge in [0.15, 0.2) is 5.60 Å². The molecule has 104 valence electrons. The SMILES string of the molecule is CC/C=C/CC1C(=O)ON2OC(=O)CC1(O)C(=O)O2. The molecule has 3 atom stereocenters. The molecule has 3 unspecified atom stereocenters. The van der Waals surface area contributed by atoms with Gasteiger partial charge in [-0.1, -0.05) is 19.1 Å². The molecule has 1 N–H and O–H groups in total. The molecule has 2 aliphatic rings. The number of allylic oxidation sites excluding steroid dienone is 2. The van der Waals surface area contributed by atoms with Crippen LogP contribution in [0.4, 0.5) is 0 Å². The fourth-order valence-corrected chi connectivity index (χ4v) is 1.90. The van der Waals surface area contributed by atoms with Crippen molar-refractivity contribution in [2.45, 2.75) is 31.8 Å². The topological polar surface area (TPSA) is 102 Å². The Bertz CT molecular complexity index is 446. The predicted molar refractivity (Wildman–Crippen MR) is 57.2 cm³/mol. The molecule has 0 aromatic rings. The quantitative estimate of drug-likeness (QED) is 0.703. The van der Waals surface area contributed by atoms with Crippen LogP contribution >= 0.6 is 0 Å². The van der Waals surface area contributed by atoms with Crippen molar-refractivity contribution in [1.82, 2.24) is 5.39 Å². The molecule has 0 aromatic carbocycles. The molecule has 2 saturated heterocycles. The fourth-order valence-electron chi connectivity index (χ4n) is 1.90. The van der Waals surface area contributed by atoms with Crippen LogP contribution in [0.5, 0.6) is 0 Å². The minimum Gasteiger partial charge on any atom is -0.377 e. The third-order valence-electron chi connectivity index (χ3n) is 2.90. The Morgan fingerprint density at radius 1 is 1.32 bits per heavy atom. The van der Waals surface area contributed by atoms with Gasteiger partial charge in [0.25, 0.3) is 0 Å². The molecule has 0 radical (unpaired) electrons. The normalized spacial score (nSPS) is 34.5. The molecule has 0 aliphatic carbocycles. The van der Waals surface area contributed by atoms with Gasteiger partial charge >= 0.3 is 17.9 Å². The van der Waals surface area contributed by atoms with Crippen LogP contribution in [0.2, 0.25) is 0 Å². The highest BCUT2D eigenvalue weighted by atomic mass is 17.2. The van der Waals surface area contributed by atoms with Gasteiger partial charge in [-0.15, -0.1) is 0 Å². The molecule has 2 heterocycles. The minimum atomic E-state index is -2.28. The fraction of sp³-hybridized carbons (Fsp3) is 0.545. The van der Waals surface area contributed by atoms with E-state index in [9.17, 15) is 19.5 Å². The lowest BCUT2D eigenvalue weighted by atomic mass is 9.82. The summed E-state index contributed by atoms with van der Waals surface area (Å²) in [4.78, 5) is 48.3. The Balaban J connectivity index is 2.33. The molecule has 0 saturated carbocycles. The summed E-state index contributed by atoms with van der Waals surface area (Å²) in [7, 11) is 0. The number of nitrogens with zero attached hydrogens (tertiary/aromatic N) is 1.